The Labute approximate surface area is 168 Å². The van der Waals surface area contributed by atoms with Crippen molar-refractivity contribution >= 4 is 45.3 Å². The zero-order valence-corrected chi connectivity index (χ0v) is 16.6. The van der Waals surface area contributed by atoms with E-state index >= 15 is 0 Å². The lowest BCUT2D eigenvalue weighted by molar-refractivity contribution is 0.316. The van der Waals surface area contributed by atoms with Gasteiger partial charge in [0.15, 0.2) is 16.8 Å². The standard InChI is InChI=1S/C17H16ClFN6O2S/c1-8(9-4-3-5-21-14(9)20)25-6-7-27-16-10-12(11(19)13(18)23-16)22-17(28(2)26)24-15(10)25/h3-5,8H,6-7H2,1-2H3,(H2,20,21). The Kier molecular flexibility index (Phi) is 4.86. The van der Waals surface area contributed by atoms with Gasteiger partial charge in [-0.2, -0.15) is 15.0 Å². The second kappa shape index (κ2) is 7.19. The fourth-order valence-corrected chi connectivity index (χ4v) is 3.79. The molecular weight excluding hydrogens is 407 g/mol. The highest BCUT2D eigenvalue weighted by atomic mass is 35.5. The molecule has 2 atom stereocenters. The molecule has 3 aromatic heterocycles. The molecule has 28 heavy (non-hydrogen) atoms. The van der Waals surface area contributed by atoms with Crippen LogP contribution in [0.4, 0.5) is 16.0 Å². The van der Waals surface area contributed by atoms with Gasteiger partial charge in [-0.1, -0.05) is 17.7 Å². The number of nitrogens with zero attached hydrogens (tertiary/aromatic N) is 5. The zero-order chi connectivity index (χ0) is 20.0. The normalized spacial score (nSPS) is 15.8. The summed E-state index contributed by atoms with van der Waals surface area (Å²) in [6, 6.07) is 3.38. The SMILES string of the molecule is CC(c1cccnc1N)N1CCOc2nc(Cl)c(F)c3nc([S+](C)[O-])nc1c23. The van der Waals surface area contributed by atoms with Gasteiger partial charge in [0.05, 0.1) is 12.6 Å². The van der Waals surface area contributed by atoms with Crippen LogP contribution in [0, 0.1) is 5.82 Å². The van der Waals surface area contributed by atoms with E-state index in [0.717, 1.165) is 5.56 Å². The van der Waals surface area contributed by atoms with Gasteiger partial charge in [0.2, 0.25) is 5.88 Å². The highest BCUT2D eigenvalue weighted by Crippen LogP contribution is 2.40. The minimum Gasteiger partial charge on any atom is -0.609 e. The van der Waals surface area contributed by atoms with Crippen LogP contribution in [0.25, 0.3) is 10.9 Å². The Morgan fingerprint density at radius 2 is 2.18 bits per heavy atom. The zero-order valence-electron chi connectivity index (χ0n) is 15.0. The first kappa shape index (κ1) is 18.9. The summed E-state index contributed by atoms with van der Waals surface area (Å²) < 4.78 is 32.5. The topological polar surface area (TPSA) is 113 Å². The Balaban J connectivity index is 1.99. The quantitative estimate of drug-likeness (QED) is 0.389. The van der Waals surface area contributed by atoms with Crippen molar-refractivity contribution in [2.75, 3.05) is 30.0 Å². The van der Waals surface area contributed by atoms with Gasteiger partial charge in [-0.15, -0.1) is 0 Å². The maximum Gasteiger partial charge on any atom is 0.345 e. The Morgan fingerprint density at radius 1 is 1.39 bits per heavy atom. The first-order valence-corrected chi connectivity index (χ1v) is 10.3. The van der Waals surface area contributed by atoms with E-state index in [0.29, 0.717) is 18.2 Å². The van der Waals surface area contributed by atoms with Gasteiger partial charge in [-0.25, -0.2) is 9.37 Å². The predicted molar refractivity (Wildman–Crippen MR) is 105 cm³/mol. The number of pyridine rings is 2. The maximum atomic E-state index is 14.7. The molecule has 0 bridgehead atoms. The van der Waals surface area contributed by atoms with Gasteiger partial charge < -0.3 is 19.9 Å². The van der Waals surface area contributed by atoms with Crippen LogP contribution in [-0.2, 0) is 11.2 Å². The number of hydrogen-bond donors (Lipinski definition) is 1. The number of rotatable bonds is 3. The van der Waals surface area contributed by atoms with Gasteiger partial charge in [-0.3, -0.25) is 0 Å². The minimum atomic E-state index is -1.53. The van der Waals surface area contributed by atoms with Crippen LogP contribution in [0.3, 0.4) is 0 Å². The average molecular weight is 423 g/mol. The lowest BCUT2D eigenvalue weighted by Gasteiger charge is -2.30. The van der Waals surface area contributed by atoms with Crippen LogP contribution < -0.4 is 15.4 Å². The number of anilines is 2. The van der Waals surface area contributed by atoms with Crippen LogP contribution in [0.15, 0.2) is 23.5 Å². The number of hydrogen-bond acceptors (Lipinski definition) is 8. The van der Waals surface area contributed by atoms with Crippen molar-refractivity contribution in [1.29, 1.82) is 0 Å². The van der Waals surface area contributed by atoms with Crippen molar-refractivity contribution in [3.05, 3.63) is 34.9 Å². The van der Waals surface area contributed by atoms with Crippen molar-refractivity contribution < 1.29 is 13.7 Å². The van der Waals surface area contributed by atoms with Gasteiger partial charge in [0.1, 0.15) is 29.6 Å². The van der Waals surface area contributed by atoms with Crippen molar-refractivity contribution in [3.63, 3.8) is 0 Å². The second-order valence-corrected chi connectivity index (χ2v) is 7.86. The van der Waals surface area contributed by atoms with Crippen molar-refractivity contribution in [2.24, 2.45) is 0 Å². The summed E-state index contributed by atoms with van der Waals surface area (Å²) in [6.45, 7) is 2.59. The highest BCUT2D eigenvalue weighted by molar-refractivity contribution is 7.90. The lowest BCUT2D eigenvalue weighted by atomic mass is 10.1. The van der Waals surface area contributed by atoms with Crippen molar-refractivity contribution in [2.45, 2.75) is 18.1 Å². The summed E-state index contributed by atoms with van der Waals surface area (Å²) in [5, 5.41) is -0.0891. The number of aromatic nitrogens is 4. The van der Waals surface area contributed by atoms with Gasteiger partial charge >= 0.3 is 5.16 Å². The lowest BCUT2D eigenvalue weighted by Crippen LogP contribution is -2.31. The van der Waals surface area contributed by atoms with Crippen LogP contribution in [0.1, 0.15) is 18.5 Å². The van der Waals surface area contributed by atoms with Gasteiger partial charge in [0.25, 0.3) is 0 Å². The van der Waals surface area contributed by atoms with Crippen molar-refractivity contribution in [3.8, 4) is 5.88 Å². The third kappa shape index (κ3) is 3.07. The molecule has 4 rings (SSSR count). The molecule has 0 saturated carbocycles. The molecule has 0 saturated heterocycles. The number of nitrogen functional groups attached to an aromatic ring is 1. The van der Waals surface area contributed by atoms with E-state index < -0.39 is 17.0 Å². The summed E-state index contributed by atoms with van der Waals surface area (Å²) in [7, 11) is 0. The van der Waals surface area contributed by atoms with E-state index in [1.54, 1.807) is 12.3 Å². The average Bonchev–Trinajstić information content (AvgIpc) is 2.85. The molecular formula is C17H16ClFN6O2S. The molecule has 8 nitrogen and oxygen atoms in total. The molecule has 0 spiro atoms. The van der Waals surface area contributed by atoms with E-state index in [-0.39, 0.29) is 39.7 Å². The molecule has 0 aromatic carbocycles. The molecule has 1 aliphatic heterocycles. The number of nitrogens with two attached hydrogens (primary N) is 1. The molecule has 0 fully saturated rings. The highest BCUT2D eigenvalue weighted by Gasteiger charge is 2.31. The van der Waals surface area contributed by atoms with E-state index in [1.165, 1.54) is 6.26 Å². The molecule has 11 heteroatoms. The number of ether oxygens (including phenoxy) is 1. The monoisotopic (exact) mass is 422 g/mol. The molecule has 0 amide bonds. The minimum absolute atomic E-state index is 0.00660. The number of halogens is 2. The van der Waals surface area contributed by atoms with E-state index in [1.807, 2.05) is 17.9 Å². The summed E-state index contributed by atoms with van der Waals surface area (Å²) in [4.78, 5) is 18.6. The van der Waals surface area contributed by atoms with E-state index in [4.69, 9.17) is 22.1 Å². The Morgan fingerprint density at radius 3 is 2.89 bits per heavy atom. The molecule has 1 aliphatic rings. The van der Waals surface area contributed by atoms with Crippen LogP contribution in [0.5, 0.6) is 5.88 Å². The van der Waals surface area contributed by atoms with E-state index in [2.05, 4.69) is 19.9 Å². The molecule has 2 N–H and O–H groups in total. The third-order valence-electron chi connectivity index (χ3n) is 4.56. The smallest absolute Gasteiger partial charge is 0.345 e. The molecule has 146 valence electrons. The Bertz CT molecular complexity index is 1070. The van der Waals surface area contributed by atoms with E-state index in [9.17, 15) is 8.94 Å². The van der Waals surface area contributed by atoms with Crippen molar-refractivity contribution in [1.82, 2.24) is 19.9 Å². The Hall–Kier alpha value is -2.43. The molecule has 4 heterocycles. The fourth-order valence-electron chi connectivity index (χ4n) is 3.19. The first-order chi connectivity index (χ1) is 13.4. The molecule has 2 unspecified atom stereocenters. The maximum absolute atomic E-state index is 14.7. The largest absolute Gasteiger partial charge is 0.609 e. The second-order valence-electron chi connectivity index (χ2n) is 6.22. The fraction of sp³-hybridized carbons (Fsp3) is 0.294. The molecule has 3 aromatic rings. The summed E-state index contributed by atoms with van der Waals surface area (Å²) in [6.07, 6.45) is 3.03. The van der Waals surface area contributed by atoms with Crippen LogP contribution >= 0.6 is 11.6 Å². The van der Waals surface area contributed by atoms with Gasteiger partial charge in [0, 0.05) is 22.9 Å². The summed E-state index contributed by atoms with van der Waals surface area (Å²) >= 11 is 4.37. The molecule has 0 aliphatic carbocycles. The third-order valence-corrected chi connectivity index (χ3v) is 5.51. The van der Waals surface area contributed by atoms with Crippen LogP contribution in [-0.4, -0.2) is 43.9 Å². The first-order valence-electron chi connectivity index (χ1n) is 8.38. The summed E-state index contributed by atoms with van der Waals surface area (Å²) in [5.41, 5.74) is 6.74. The predicted octanol–water partition coefficient (Wildman–Crippen LogP) is 2.49. The molecule has 0 radical (unpaired) electrons. The summed E-state index contributed by atoms with van der Waals surface area (Å²) in [5.74, 6) is 0.0698. The van der Waals surface area contributed by atoms with Gasteiger partial charge in [-0.05, 0) is 13.0 Å². The van der Waals surface area contributed by atoms with Crippen LogP contribution in [0.2, 0.25) is 5.15 Å².